The van der Waals surface area contributed by atoms with Crippen LogP contribution in [0.2, 0.25) is 0 Å². The van der Waals surface area contributed by atoms with Gasteiger partial charge in [0.05, 0.1) is 33.4 Å². The molecule has 0 N–H and O–H groups in total. The van der Waals surface area contributed by atoms with Gasteiger partial charge in [0, 0.05) is 25.9 Å². The van der Waals surface area contributed by atoms with Crippen molar-refractivity contribution in [1.29, 1.82) is 0 Å². The third-order valence-electron chi connectivity index (χ3n) is 3.43. The van der Waals surface area contributed by atoms with Gasteiger partial charge >= 0.3 is 0 Å². The molecule has 23 heavy (non-hydrogen) atoms. The number of anilines is 1. The van der Waals surface area contributed by atoms with Crippen LogP contribution in [0.1, 0.15) is 11.9 Å². The highest BCUT2D eigenvalue weighted by atomic mass is 16.5. The van der Waals surface area contributed by atoms with Crippen LogP contribution in [0.5, 0.6) is 5.88 Å². The fraction of sp³-hybridized carbons (Fsp3) is 0.615. The average Bonchev–Trinajstić information content (AvgIpc) is 3.09. The molecule has 1 fully saturated rings. The summed E-state index contributed by atoms with van der Waals surface area (Å²) < 4.78 is 15.9. The van der Waals surface area contributed by atoms with Crippen molar-refractivity contribution in [3.8, 4) is 5.88 Å². The summed E-state index contributed by atoms with van der Waals surface area (Å²) in [4.78, 5) is 12.2. The molecule has 10 nitrogen and oxygen atoms in total. The molecular weight excluding hydrogens is 302 g/mol. The Morgan fingerprint density at radius 1 is 1.39 bits per heavy atom. The zero-order valence-corrected chi connectivity index (χ0v) is 13.1. The fourth-order valence-electron chi connectivity index (χ4n) is 2.24. The van der Waals surface area contributed by atoms with Crippen molar-refractivity contribution in [1.82, 2.24) is 30.2 Å². The topological polar surface area (TPSA) is 100 Å². The minimum atomic E-state index is -0.269. The number of nitrogens with zero attached hydrogens (tertiary/aromatic N) is 7. The molecule has 0 radical (unpaired) electrons. The summed E-state index contributed by atoms with van der Waals surface area (Å²) in [6.45, 7) is 2.88. The minimum absolute atomic E-state index is 0.269. The van der Waals surface area contributed by atoms with Crippen molar-refractivity contribution in [2.24, 2.45) is 0 Å². The maximum Gasteiger partial charge on any atom is 0.228 e. The normalized spacial score (nSPS) is 18.2. The van der Waals surface area contributed by atoms with Gasteiger partial charge in [0.25, 0.3) is 0 Å². The molecule has 1 saturated heterocycles. The fourth-order valence-corrected chi connectivity index (χ4v) is 2.24. The van der Waals surface area contributed by atoms with E-state index in [9.17, 15) is 0 Å². The summed E-state index contributed by atoms with van der Waals surface area (Å²) in [6.07, 6.45) is 1.40. The van der Waals surface area contributed by atoms with Gasteiger partial charge in [-0.25, -0.2) is 4.98 Å². The highest BCUT2D eigenvalue weighted by Gasteiger charge is 2.27. The Kier molecular flexibility index (Phi) is 4.93. The van der Waals surface area contributed by atoms with E-state index in [-0.39, 0.29) is 6.10 Å². The van der Waals surface area contributed by atoms with Gasteiger partial charge in [-0.2, -0.15) is 9.78 Å². The molecule has 3 heterocycles. The Balaban J connectivity index is 1.69. The number of hydrogen-bond acceptors (Lipinski definition) is 9. The first-order valence-electron chi connectivity index (χ1n) is 7.30. The van der Waals surface area contributed by atoms with Crippen molar-refractivity contribution in [3.63, 3.8) is 0 Å². The molecule has 2 aromatic rings. The van der Waals surface area contributed by atoms with Gasteiger partial charge in [0.2, 0.25) is 17.7 Å². The standard InChI is InChI=1S/C13H19N7O3/c1-21-7-6-20-17-12(16-18-20)10-9-19(5-8-23-10)13-14-4-3-11(15-13)22-2/h3-4,10H,5-9H2,1-2H3. The molecule has 10 heteroatoms. The number of aromatic nitrogens is 6. The van der Waals surface area contributed by atoms with Gasteiger partial charge < -0.3 is 19.1 Å². The molecule has 0 spiro atoms. The van der Waals surface area contributed by atoms with Crippen LogP contribution in [0, 0.1) is 0 Å². The number of tetrazole rings is 1. The zero-order valence-electron chi connectivity index (χ0n) is 13.1. The van der Waals surface area contributed by atoms with E-state index in [1.807, 2.05) is 4.90 Å². The Morgan fingerprint density at radius 2 is 2.30 bits per heavy atom. The summed E-state index contributed by atoms with van der Waals surface area (Å²) in [5.74, 6) is 1.68. The Hall–Kier alpha value is -2.33. The predicted molar refractivity (Wildman–Crippen MR) is 79.2 cm³/mol. The maximum absolute atomic E-state index is 5.75. The lowest BCUT2D eigenvalue weighted by Gasteiger charge is -2.31. The molecule has 1 unspecified atom stereocenters. The first-order chi connectivity index (χ1) is 11.3. The van der Waals surface area contributed by atoms with Crippen LogP contribution in [0.15, 0.2) is 12.3 Å². The summed E-state index contributed by atoms with van der Waals surface area (Å²) in [7, 11) is 3.21. The number of morpholine rings is 1. The van der Waals surface area contributed by atoms with Crippen molar-refractivity contribution in [3.05, 3.63) is 18.1 Å². The second-order valence-electron chi connectivity index (χ2n) is 4.94. The third kappa shape index (κ3) is 3.71. The molecule has 1 atom stereocenters. The summed E-state index contributed by atoms with van der Waals surface area (Å²) >= 11 is 0. The lowest BCUT2D eigenvalue weighted by atomic mass is 10.2. The van der Waals surface area contributed by atoms with Crippen LogP contribution in [0.3, 0.4) is 0 Å². The van der Waals surface area contributed by atoms with E-state index >= 15 is 0 Å². The maximum atomic E-state index is 5.75. The monoisotopic (exact) mass is 321 g/mol. The third-order valence-corrected chi connectivity index (χ3v) is 3.43. The number of rotatable bonds is 6. The van der Waals surface area contributed by atoms with Crippen LogP contribution in [0.25, 0.3) is 0 Å². The van der Waals surface area contributed by atoms with Crippen molar-refractivity contribution >= 4 is 5.95 Å². The summed E-state index contributed by atoms with van der Waals surface area (Å²) in [5.41, 5.74) is 0. The van der Waals surface area contributed by atoms with Crippen LogP contribution in [0.4, 0.5) is 5.95 Å². The van der Waals surface area contributed by atoms with Gasteiger partial charge in [-0.05, 0) is 5.21 Å². The van der Waals surface area contributed by atoms with E-state index in [0.717, 1.165) is 0 Å². The van der Waals surface area contributed by atoms with Gasteiger partial charge in [0.1, 0.15) is 6.10 Å². The van der Waals surface area contributed by atoms with Crippen molar-refractivity contribution in [2.75, 3.05) is 45.4 Å². The van der Waals surface area contributed by atoms with Gasteiger partial charge in [-0.3, -0.25) is 0 Å². The lowest BCUT2D eigenvalue weighted by Crippen LogP contribution is -2.39. The number of ether oxygens (including phenoxy) is 3. The van der Waals surface area contributed by atoms with E-state index in [4.69, 9.17) is 14.2 Å². The molecule has 0 aliphatic carbocycles. The van der Waals surface area contributed by atoms with E-state index < -0.39 is 0 Å². The van der Waals surface area contributed by atoms with Crippen LogP contribution in [-0.2, 0) is 16.0 Å². The molecule has 1 aliphatic heterocycles. The molecule has 2 aromatic heterocycles. The van der Waals surface area contributed by atoms with E-state index in [1.54, 1.807) is 26.5 Å². The first-order valence-corrected chi connectivity index (χ1v) is 7.30. The van der Waals surface area contributed by atoms with Crippen LogP contribution < -0.4 is 9.64 Å². The molecule has 0 amide bonds. The Bertz CT molecular complexity index is 636. The molecule has 0 bridgehead atoms. The molecule has 1 aliphatic rings. The largest absolute Gasteiger partial charge is 0.481 e. The van der Waals surface area contributed by atoms with Crippen molar-refractivity contribution < 1.29 is 14.2 Å². The quantitative estimate of drug-likeness (QED) is 0.709. The SMILES string of the molecule is COCCn1nnc(C2CN(c3nccc(OC)n3)CCO2)n1. The van der Waals surface area contributed by atoms with E-state index in [0.29, 0.717) is 50.5 Å². The predicted octanol–water partition coefficient (Wildman–Crippen LogP) is -0.304. The van der Waals surface area contributed by atoms with Crippen LogP contribution >= 0.6 is 0 Å². The Morgan fingerprint density at radius 3 is 3.13 bits per heavy atom. The van der Waals surface area contributed by atoms with Crippen molar-refractivity contribution in [2.45, 2.75) is 12.6 Å². The highest BCUT2D eigenvalue weighted by Crippen LogP contribution is 2.22. The highest BCUT2D eigenvalue weighted by molar-refractivity contribution is 5.33. The summed E-state index contributed by atoms with van der Waals surface area (Å²) in [6, 6.07) is 1.71. The average molecular weight is 321 g/mol. The van der Waals surface area contributed by atoms with Gasteiger partial charge in [-0.15, -0.1) is 10.2 Å². The molecular formula is C13H19N7O3. The number of methoxy groups -OCH3 is 2. The molecule has 124 valence electrons. The minimum Gasteiger partial charge on any atom is -0.481 e. The second kappa shape index (κ2) is 7.29. The number of hydrogen-bond donors (Lipinski definition) is 0. The molecule has 0 saturated carbocycles. The van der Waals surface area contributed by atoms with E-state index in [1.165, 1.54) is 4.80 Å². The molecule has 0 aromatic carbocycles. The smallest absolute Gasteiger partial charge is 0.228 e. The Labute approximate surface area is 133 Å². The molecule has 3 rings (SSSR count). The zero-order chi connectivity index (χ0) is 16.1. The van der Waals surface area contributed by atoms with E-state index in [2.05, 4.69) is 25.4 Å². The van der Waals surface area contributed by atoms with Gasteiger partial charge in [0.15, 0.2) is 0 Å². The van der Waals surface area contributed by atoms with Crippen LogP contribution in [-0.4, -0.2) is 70.7 Å². The lowest BCUT2D eigenvalue weighted by molar-refractivity contribution is 0.0331. The summed E-state index contributed by atoms with van der Waals surface area (Å²) in [5, 5.41) is 12.4. The second-order valence-corrected chi connectivity index (χ2v) is 4.94. The van der Waals surface area contributed by atoms with Gasteiger partial charge in [-0.1, -0.05) is 0 Å². The first kappa shape index (κ1) is 15.6.